The predicted molar refractivity (Wildman–Crippen MR) is 125 cm³/mol. The fourth-order valence-electron chi connectivity index (χ4n) is 4.81. The largest absolute Gasteiger partial charge is 0.492 e. The monoisotopic (exact) mass is 465 g/mol. The third-order valence-electron chi connectivity index (χ3n) is 6.75. The van der Waals surface area contributed by atoms with Crippen LogP contribution in [0, 0.1) is 0 Å². The number of likely N-dealkylation sites (tertiary alicyclic amines) is 2. The van der Waals surface area contributed by atoms with Crippen LogP contribution in [0.25, 0.3) is 0 Å². The first kappa shape index (κ1) is 23.9. The Balaban J connectivity index is 1.45. The fourth-order valence-corrected chi connectivity index (χ4v) is 4.81. The van der Waals surface area contributed by atoms with Gasteiger partial charge < -0.3 is 14.4 Å². The fraction of sp³-hybridized carbons (Fsp3) is 0.462. The molecule has 1 aromatic carbocycles. The molecular weight excluding hydrogens is 434 g/mol. The van der Waals surface area contributed by atoms with Gasteiger partial charge in [0.05, 0.1) is 24.3 Å². The van der Waals surface area contributed by atoms with E-state index in [9.17, 15) is 14.4 Å². The highest BCUT2D eigenvalue weighted by Crippen LogP contribution is 2.40. The molecule has 8 heteroatoms. The molecule has 3 heterocycles. The summed E-state index contributed by atoms with van der Waals surface area (Å²) in [6.07, 6.45) is 5.47. The summed E-state index contributed by atoms with van der Waals surface area (Å²) in [6, 6.07) is 12.8. The molecule has 0 aliphatic carbocycles. The molecule has 0 bridgehead atoms. The van der Waals surface area contributed by atoms with E-state index in [1.165, 1.54) is 4.90 Å². The molecule has 0 saturated carbocycles. The highest BCUT2D eigenvalue weighted by atomic mass is 16.5. The maximum Gasteiger partial charge on any atom is 0.240 e. The van der Waals surface area contributed by atoms with Crippen molar-refractivity contribution >= 4 is 17.7 Å². The third-order valence-corrected chi connectivity index (χ3v) is 6.75. The molecule has 2 aliphatic heterocycles. The van der Waals surface area contributed by atoms with Gasteiger partial charge in [0.1, 0.15) is 5.75 Å². The lowest BCUT2D eigenvalue weighted by atomic mass is 9.75. The molecule has 180 valence electrons. The van der Waals surface area contributed by atoms with Crippen molar-refractivity contribution in [2.24, 2.45) is 0 Å². The Labute approximate surface area is 199 Å². The minimum Gasteiger partial charge on any atom is -0.492 e. The van der Waals surface area contributed by atoms with Crippen molar-refractivity contribution in [3.63, 3.8) is 0 Å². The second-order valence-electron chi connectivity index (χ2n) is 8.86. The van der Waals surface area contributed by atoms with E-state index in [0.29, 0.717) is 37.4 Å². The van der Waals surface area contributed by atoms with Gasteiger partial charge in [-0.25, -0.2) is 0 Å². The number of amides is 3. The van der Waals surface area contributed by atoms with Crippen LogP contribution in [-0.2, 0) is 24.5 Å². The summed E-state index contributed by atoms with van der Waals surface area (Å²) in [7, 11) is 1.69. The Morgan fingerprint density at radius 1 is 1.12 bits per heavy atom. The molecule has 0 unspecified atom stereocenters. The van der Waals surface area contributed by atoms with E-state index >= 15 is 0 Å². The average molecular weight is 466 g/mol. The Kier molecular flexibility index (Phi) is 7.57. The Hall–Kier alpha value is -3.26. The minimum atomic E-state index is -1.17. The summed E-state index contributed by atoms with van der Waals surface area (Å²) < 4.78 is 11.1. The molecule has 3 amide bonds. The number of carbonyl (C=O) groups is 3. The lowest BCUT2D eigenvalue weighted by molar-refractivity contribution is -0.143. The van der Waals surface area contributed by atoms with Crippen LogP contribution in [0.4, 0.5) is 0 Å². The van der Waals surface area contributed by atoms with E-state index in [-0.39, 0.29) is 43.2 Å². The van der Waals surface area contributed by atoms with Crippen molar-refractivity contribution in [1.82, 2.24) is 14.8 Å². The van der Waals surface area contributed by atoms with Crippen molar-refractivity contribution in [1.29, 1.82) is 0 Å². The summed E-state index contributed by atoms with van der Waals surface area (Å²) in [4.78, 5) is 47.0. The van der Waals surface area contributed by atoms with Gasteiger partial charge in [-0.15, -0.1) is 0 Å². The number of methoxy groups -OCH3 is 1. The summed E-state index contributed by atoms with van der Waals surface area (Å²) in [5, 5.41) is 0. The van der Waals surface area contributed by atoms with E-state index in [2.05, 4.69) is 4.98 Å². The number of hydrogen-bond acceptors (Lipinski definition) is 6. The molecule has 8 nitrogen and oxygen atoms in total. The molecule has 2 saturated heterocycles. The van der Waals surface area contributed by atoms with Crippen molar-refractivity contribution in [3.8, 4) is 5.75 Å². The molecule has 0 spiro atoms. The molecule has 1 aromatic heterocycles. The first-order chi connectivity index (χ1) is 16.5. The van der Waals surface area contributed by atoms with E-state index in [0.717, 1.165) is 12.8 Å². The molecule has 34 heavy (non-hydrogen) atoms. The van der Waals surface area contributed by atoms with E-state index in [1.54, 1.807) is 36.5 Å². The quantitative estimate of drug-likeness (QED) is 0.418. The van der Waals surface area contributed by atoms with Crippen LogP contribution in [0.5, 0.6) is 5.75 Å². The molecule has 2 fully saturated rings. The second kappa shape index (κ2) is 10.8. The number of imide groups is 1. The summed E-state index contributed by atoms with van der Waals surface area (Å²) in [5.41, 5.74) is -0.458. The topological polar surface area (TPSA) is 89.0 Å². The van der Waals surface area contributed by atoms with Crippen LogP contribution in [-0.4, -0.2) is 72.0 Å². The van der Waals surface area contributed by atoms with Crippen molar-refractivity contribution in [2.45, 2.75) is 43.6 Å². The highest BCUT2D eigenvalue weighted by molar-refractivity contribution is 6.10. The maximum absolute atomic E-state index is 13.7. The van der Waals surface area contributed by atoms with Gasteiger partial charge in [0, 0.05) is 45.8 Å². The Morgan fingerprint density at radius 3 is 2.56 bits per heavy atom. The van der Waals surface area contributed by atoms with Gasteiger partial charge in [0.2, 0.25) is 17.7 Å². The smallest absolute Gasteiger partial charge is 0.240 e. The van der Waals surface area contributed by atoms with Crippen LogP contribution < -0.4 is 4.74 Å². The molecule has 2 aromatic rings. The molecule has 1 atom stereocenters. The Bertz CT molecular complexity index is 992. The number of benzene rings is 1. The van der Waals surface area contributed by atoms with Crippen LogP contribution >= 0.6 is 0 Å². The highest BCUT2D eigenvalue weighted by Gasteiger charge is 2.53. The number of ether oxygens (including phenoxy) is 2. The molecule has 2 aliphatic rings. The van der Waals surface area contributed by atoms with E-state index in [1.807, 2.05) is 30.3 Å². The SMILES string of the molecule is COC1CCN(C(=O)C[C@@]2(c3ccccc3)CC(=O)N(CCCOc3cccnc3)C2=O)CC1. The second-order valence-corrected chi connectivity index (χ2v) is 8.86. The number of hydrogen-bond donors (Lipinski definition) is 0. The average Bonchev–Trinajstić information content (AvgIpc) is 3.12. The number of carbonyl (C=O) groups excluding carboxylic acids is 3. The zero-order chi connectivity index (χ0) is 24.0. The van der Waals surface area contributed by atoms with Crippen LogP contribution in [0.3, 0.4) is 0 Å². The lowest BCUT2D eigenvalue weighted by Gasteiger charge is -2.34. The summed E-state index contributed by atoms with van der Waals surface area (Å²) >= 11 is 0. The van der Waals surface area contributed by atoms with Gasteiger partial charge in [0.15, 0.2) is 0 Å². The number of pyridine rings is 1. The molecule has 0 N–H and O–H groups in total. The van der Waals surface area contributed by atoms with Gasteiger partial charge in [-0.2, -0.15) is 0 Å². The van der Waals surface area contributed by atoms with Gasteiger partial charge in [0.25, 0.3) is 0 Å². The summed E-state index contributed by atoms with van der Waals surface area (Å²) in [5.74, 6) is -0.00399. The Morgan fingerprint density at radius 2 is 1.88 bits per heavy atom. The lowest BCUT2D eigenvalue weighted by Crippen LogP contribution is -2.46. The van der Waals surface area contributed by atoms with Crippen LogP contribution in [0.2, 0.25) is 0 Å². The van der Waals surface area contributed by atoms with Gasteiger partial charge in [-0.1, -0.05) is 30.3 Å². The van der Waals surface area contributed by atoms with Gasteiger partial charge in [-0.3, -0.25) is 24.3 Å². The van der Waals surface area contributed by atoms with Crippen molar-refractivity contribution < 1.29 is 23.9 Å². The van der Waals surface area contributed by atoms with E-state index < -0.39 is 5.41 Å². The third kappa shape index (κ3) is 5.12. The standard InChI is InChI=1S/C26H31N3O5/c1-33-21-10-14-28(15-11-21)23(30)17-26(20-7-3-2-4-8-20)18-24(31)29(25(26)32)13-6-16-34-22-9-5-12-27-19-22/h2-5,7-9,12,19,21H,6,10-11,13-18H2,1H3/t26-/m0/s1. The number of piperidine rings is 1. The maximum atomic E-state index is 13.7. The first-order valence-corrected chi connectivity index (χ1v) is 11.8. The van der Waals surface area contributed by atoms with Crippen molar-refractivity contribution in [2.75, 3.05) is 33.4 Å². The van der Waals surface area contributed by atoms with Crippen LogP contribution in [0.1, 0.15) is 37.7 Å². The summed E-state index contributed by atoms with van der Waals surface area (Å²) in [6.45, 7) is 1.80. The minimum absolute atomic E-state index is 0.000412. The molecule has 4 rings (SSSR count). The molecule has 0 radical (unpaired) electrons. The predicted octanol–water partition coefficient (Wildman–Crippen LogP) is 2.57. The first-order valence-electron chi connectivity index (χ1n) is 11.8. The van der Waals surface area contributed by atoms with Crippen LogP contribution in [0.15, 0.2) is 54.9 Å². The van der Waals surface area contributed by atoms with Gasteiger partial charge in [-0.05, 0) is 37.0 Å². The molecular formula is C26H31N3O5. The van der Waals surface area contributed by atoms with Gasteiger partial charge >= 0.3 is 0 Å². The number of rotatable bonds is 9. The van der Waals surface area contributed by atoms with Crippen molar-refractivity contribution in [3.05, 3.63) is 60.4 Å². The zero-order valence-electron chi connectivity index (χ0n) is 19.5. The number of nitrogens with zero attached hydrogens (tertiary/aromatic N) is 3. The zero-order valence-corrected chi connectivity index (χ0v) is 19.5. The number of aromatic nitrogens is 1. The normalized spacial score (nSPS) is 21.2. The van der Waals surface area contributed by atoms with E-state index in [4.69, 9.17) is 9.47 Å².